The van der Waals surface area contributed by atoms with Crippen molar-refractivity contribution in [1.29, 1.82) is 0 Å². The van der Waals surface area contributed by atoms with Gasteiger partial charge in [-0.1, -0.05) is 12.1 Å². The molecule has 152 valence electrons. The van der Waals surface area contributed by atoms with Crippen molar-refractivity contribution in [2.45, 2.75) is 19.3 Å². The summed E-state index contributed by atoms with van der Waals surface area (Å²) in [5.74, 6) is 0.515. The largest absolute Gasteiger partial charge is 0.497 e. The lowest BCUT2D eigenvalue weighted by Crippen LogP contribution is -2.31. The number of anilines is 3. The first kappa shape index (κ1) is 20.2. The average molecular weight is 396 g/mol. The maximum atomic E-state index is 12.3. The molecule has 8 heteroatoms. The van der Waals surface area contributed by atoms with Crippen LogP contribution in [0, 0.1) is 0 Å². The molecular weight excluding hydrogens is 372 g/mol. The summed E-state index contributed by atoms with van der Waals surface area (Å²) in [7, 11) is 1.57. The molecule has 1 aliphatic rings. The average Bonchev–Trinajstić information content (AvgIpc) is 3.14. The molecule has 1 saturated heterocycles. The Kier molecular flexibility index (Phi) is 6.67. The molecule has 2 aromatic rings. The number of ether oxygens (including phenoxy) is 1. The Hall–Kier alpha value is -3.55. The third-order valence-electron chi connectivity index (χ3n) is 4.53. The van der Waals surface area contributed by atoms with Crippen molar-refractivity contribution in [2.75, 3.05) is 35.7 Å². The molecule has 3 rings (SSSR count). The van der Waals surface area contributed by atoms with Crippen LogP contribution in [0.2, 0.25) is 0 Å². The number of nitrogens with zero attached hydrogens (tertiary/aromatic N) is 1. The van der Waals surface area contributed by atoms with E-state index in [9.17, 15) is 14.4 Å². The van der Waals surface area contributed by atoms with Gasteiger partial charge in [0.2, 0.25) is 11.8 Å². The van der Waals surface area contributed by atoms with Crippen molar-refractivity contribution in [3.05, 3.63) is 48.5 Å². The monoisotopic (exact) mass is 396 g/mol. The number of nitrogens with one attached hydrogen (secondary N) is 3. The summed E-state index contributed by atoms with van der Waals surface area (Å²) in [4.78, 5) is 37.9. The number of carbonyl (C=O) groups is 3. The minimum absolute atomic E-state index is 0.0589. The lowest BCUT2D eigenvalue weighted by Gasteiger charge is -2.20. The van der Waals surface area contributed by atoms with Gasteiger partial charge in [-0.05, 0) is 42.8 Å². The predicted molar refractivity (Wildman–Crippen MR) is 111 cm³/mol. The summed E-state index contributed by atoms with van der Waals surface area (Å²) in [6, 6.07) is 13.8. The van der Waals surface area contributed by atoms with Crippen molar-refractivity contribution in [2.24, 2.45) is 0 Å². The van der Waals surface area contributed by atoms with E-state index in [0.29, 0.717) is 35.8 Å². The van der Waals surface area contributed by atoms with Gasteiger partial charge in [-0.3, -0.25) is 9.59 Å². The Morgan fingerprint density at radius 2 is 1.83 bits per heavy atom. The van der Waals surface area contributed by atoms with E-state index in [1.54, 1.807) is 48.4 Å². The van der Waals surface area contributed by atoms with Crippen LogP contribution in [0.3, 0.4) is 0 Å². The van der Waals surface area contributed by atoms with E-state index < -0.39 is 6.03 Å². The highest BCUT2D eigenvalue weighted by Crippen LogP contribution is 2.29. The van der Waals surface area contributed by atoms with Gasteiger partial charge in [0.05, 0.1) is 18.5 Å². The molecular formula is C21H24N4O4. The highest BCUT2D eigenvalue weighted by atomic mass is 16.5. The molecule has 0 aliphatic carbocycles. The van der Waals surface area contributed by atoms with Crippen LogP contribution in [0.5, 0.6) is 5.75 Å². The first-order chi connectivity index (χ1) is 14.1. The van der Waals surface area contributed by atoms with Crippen LogP contribution >= 0.6 is 0 Å². The van der Waals surface area contributed by atoms with Crippen LogP contribution in [-0.4, -0.2) is 38.0 Å². The van der Waals surface area contributed by atoms with Gasteiger partial charge in [0.1, 0.15) is 5.75 Å². The number of rotatable bonds is 7. The van der Waals surface area contributed by atoms with Crippen LogP contribution in [0.15, 0.2) is 48.5 Å². The van der Waals surface area contributed by atoms with Crippen LogP contribution in [0.1, 0.15) is 19.3 Å². The van der Waals surface area contributed by atoms with Crippen LogP contribution in [-0.2, 0) is 9.59 Å². The number of hydrogen-bond donors (Lipinski definition) is 3. The molecule has 0 radical (unpaired) electrons. The Balaban J connectivity index is 1.46. The molecule has 1 heterocycles. The van der Waals surface area contributed by atoms with Gasteiger partial charge in [-0.2, -0.15) is 0 Å². The predicted octanol–water partition coefficient (Wildman–Crippen LogP) is 2.97. The third kappa shape index (κ3) is 5.47. The quantitative estimate of drug-likeness (QED) is 0.670. The number of para-hydroxylation sites is 2. The van der Waals surface area contributed by atoms with Gasteiger partial charge in [-0.25, -0.2) is 4.79 Å². The van der Waals surface area contributed by atoms with E-state index in [1.165, 1.54) is 0 Å². The van der Waals surface area contributed by atoms with Crippen molar-refractivity contribution >= 4 is 34.9 Å². The van der Waals surface area contributed by atoms with Gasteiger partial charge in [0.25, 0.3) is 0 Å². The molecule has 0 unspecified atom stereocenters. The normalized spacial score (nSPS) is 13.1. The summed E-state index contributed by atoms with van der Waals surface area (Å²) in [5.41, 5.74) is 1.92. The second kappa shape index (κ2) is 9.59. The topological polar surface area (TPSA) is 99.8 Å². The summed E-state index contributed by atoms with van der Waals surface area (Å²) in [5, 5.41) is 8.16. The van der Waals surface area contributed by atoms with E-state index in [-0.39, 0.29) is 24.8 Å². The molecule has 0 bridgehead atoms. The molecule has 1 fully saturated rings. The van der Waals surface area contributed by atoms with E-state index in [1.807, 2.05) is 12.1 Å². The van der Waals surface area contributed by atoms with E-state index in [4.69, 9.17) is 4.74 Å². The Labute approximate surface area is 169 Å². The fourth-order valence-corrected chi connectivity index (χ4v) is 3.07. The summed E-state index contributed by atoms with van der Waals surface area (Å²) in [6.07, 6.45) is 1.45. The summed E-state index contributed by atoms with van der Waals surface area (Å²) < 4.78 is 5.07. The number of benzene rings is 2. The van der Waals surface area contributed by atoms with E-state index >= 15 is 0 Å². The van der Waals surface area contributed by atoms with Crippen molar-refractivity contribution < 1.29 is 19.1 Å². The molecule has 8 nitrogen and oxygen atoms in total. The third-order valence-corrected chi connectivity index (χ3v) is 4.53. The highest BCUT2D eigenvalue weighted by molar-refractivity contribution is 6.02. The molecule has 3 N–H and O–H groups in total. The molecule has 29 heavy (non-hydrogen) atoms. The molecule has 0 saturated carbocycles. The molecule has 2 aromatic carbocycles. The van der Waals surface area contributed by atoms with E-state index in [0.717, 1.165) is 6.42 Å². The van der Waals surface area contributed by atoms with E-state index in [2.05, 4.69) is 16.0 Å². The zero-order valence-corrected chi connectivity index (χ0v) is 16.2. The first-order valence-electron chi connectivity index (χ1n) is 9.45. The number of amides is 4. The number of methoxy groups -OCH3 is 1. The van der Waals surface area contributed by atoms with Gasteiger partial charge in [-0.15, -0.1) is 0 Å². The second-order valence-electron chi connectivity index (χ2n) is 6.57. The Bertz CT molecular complexity index is 883. The van der Waals surface area contributed by atoms with Crippen molar-refractivity contribution in [3.8, 4) is 5.75 Å². The van der Waals surface area contributed by atoms with Gasteiger partial charge in [0.15, 0.2) is 0 Å². The number of urea groups is 1. The maximum absolute atomic E-state index is 12.3. The first-order valence-corrected chi connectivity index (χ1v) is 9.45. The number of hydrogen-bond acceptors (Lipinski definition) is 4. The molecule has 0 atom stereocenters. The fraction of sp³-hybridized carbons (Fsp3) is 0.286. The molecule has 1 aliphatic heterocycles. The van der Waals surface area contributed by atoms with Crippen LogP contribution in [0.25, 0.3) is 0 Å². The molecule has 0 spiro atoms. The minimum Gasteiger partial charge on any atom is -0.497 e. The van der Waals surface area contributed by atoms with Crippen molar-refractivity contribution in [3.63, 3.8) is 0 Å². The lowest BCUT2D eigenvalue weighted by atomic mass is 10.2. The maximum Gasteiger partial charge on any atom is 0.319 e. The lowest BCUT2D eigenvalue weighted by molar-refractivity contribution is -0.117. The van der Waals surface area contributed by atoms with Gasteiger partial charge >= 0.3 is 6.03 Å². The summed E-state index contributed by atoms with van der Waals surface area (Å²) in [6.45, 7) is 0.831. The number of carbonyl (C=O) groups excluding carboxylic acids is 3. The fourth-order valence-electron chi connectivity index (χ4n) is 3.07. The van der Waals surface area contributed by atoms with Gasteiger partial charge in [0, 0.05) is 31.6 Å². The zero-order valence-electron chi connectivity index (χ0n) is 16.2. The SMILES string of the molecule is COc1ccc(NC(=O)NCCC(=O)Nc2ccccc2N2CCCC2=O)cc1. The van der Waals surface area contributed by atoms with Gasteiger partial charge < -0.3 is 25.6 Å². The van der Waals surface area contributed by atoms with Crippen LogP contribution in [0.4, 0.5) is 21.9 Å². The Morgan fingerprint density at radius 3 is 2.52 bits per heavy atom. The Morgan fingerprint density at radius 1 is 1.07 bits per heavy atom. The second-order valence-corrected chi connectivity index (χ2v) is 6.57. The summed E-state index contributed by atoms with van der Waals surface area (Å²) >= 11 is 0. The smallest absolute Gasteiger partial charge is 0.319 e. The minimum atomic E-state index is -0.397. The molecule has 4 amide bonds. The molecule has 0 aromatic heterocycles. The van der Waals surface area contributed by atoms with Crippen LogP contribution < -0.4 is 25.6 Å². The zero-order chi connectivity index (χ0) is 20.6. The standard InChI is InChI=1S/C21H24N4O4/c1-29-16-10-8-15(9-11-16)23-21(28)22-13-12-19(26)24-17-5-2-3-6-18(17)25-14-4-7-20(25)27/h2-3,5-6,8-11H,4,7,12-14H2,1H3,(H,24,26)(H2,22,23,28). The highest BCUT2D eigenvalue weighted by Gasteiger charge is 2.24. The van der Waals surface area contributed by atoms with Crippen molar-refractivity contribution in [1.82, 2.24) is 5.32 Å².